The molecule has 18 heavy (non-hydrogen) atoms. The van der Waals surface area contributed by atoms with Gasteiger partial charge in [0.1, 0.15) is 5.82 Å². The number of nitrogens with two attached hydrogens (primary N) is 1. The van der Waals surface area contributed by atoms with Crippen LogP contribution in [0.25, 0.3) is 0 Å². The number of nitrogens with one attached hydrogen (secondary N) is 1. The fourth-order valence-corrected chi connectivity index (χ4v) is 1.83. The van der Waals surface area contributed by atoms with Crippen LogP contribution >= 0.6 is 11.6 Å². The largest absolute Gasteiger partial charge is 0.377 e. The molecule has 0 spiro atoms. The number of rotatable bonds is 4. The van der Waals surface area contributed by atoms with E-state index in [9.17, 15) is 4.39 Å². The van der Waals surface area contributed by atoms with Crippen molar-refractivity contribution in [1.29, 1.82) is 0 Å². The van der Waals surface area contributed by atoms with Crippen molar-refractivity contribution in [2.24, 2.45) is 5.73 Å². The smallest absolute Gasteiger partial charge is 0.141 e. The van der Waals surface area contributed by atoms with E-state index in [1.807, 2.05) is 12.1 Å². The number of nitrogens with zero attached hydrogens (tertiary/aromatic N) is 1. The van der Waals surface area contributed by atoms with Gasteiger partial charge in [0.2, 0.25) is 0 Å². The fraction of sp³-hybridized carbons (Fsp3) is 0.154. The topological polar surface area (TPSA) is 50.9 Å². The molecule has 1 aromatic heterocycles. The summed E-state index contributed by atoms with van der Waals surface area (Å²) in [7, 11) is 0. The summed E-state index contributed by atoms with van der Waals surface area (Å²) in [6.45, 7) is 0.403. The molecule has 1 atom stereocenters. The standard InChI is InChI=1S/C13H13ClFN3/c14-11-6-10(3-4-12(11)15)18-13(7-16)9-2-1-5-17-8-9/h1-6,8,13,18H,7,16H2. The fourth-order valence-electron chi connectivity index (χ4n) is 1.65. The van der Waals surface area contributed by atoms with Gasteiger partial charge in [0.05, 0.1) is 11.1 Å². The van der Waals surface area contributed by atoms with E-state index in [-0.39, 0.29) is 11.1 Å². The third kappa shape index (κ3) is 2.97. The summed E-state index contributed by atoms with van der Waals surface area (Å²) in [6, 6.07) is 8.18. The second kappa shape index (κ2) is 5.80. The van der Waals surface area contributed by atoms with Crippen molar-refractivity contribution in [3.05, 3.63) is 59.1 Å². The lowest BCUT2D eigenvalue weighted by molar-refractivity contribution is 0.628. The molecular weight excluding hydrogens is 253 g/mol. The first kappa shape index (κ1) is 12.8. The van der Waals surface area contributed by atoms with E-state index in [2.05, 4.69) is 10.3 Å². The maximum atomic E-state index is 13.0. The van der Waals surface area contributed by atoms with Gasteiger partial charge in [0.15, 0.2) is 0 Å². The Morgan fingerprint density at radius 3 is 2.83 bits per heavy atom. The monoisotopic (exact) mass is 265 g/mol. The highest BCUT2D eigenvalue weighted by molar-refractivity contribution is 6.31. The first-order valence-electron chi connectivity index (χ1n) is 5.52. The minimum atomic E-state index is -0.437. The summed E-state index contributed by atoms with van der Waals surface area (Å²) in [5, 5.41) is 3.28. The summed E-state index contributed by atoms with van der Waals surface area (Å²) in [6.07, 6.45) is 3.45. The number of aromatic nitrogens is 1. The quantitative estimate of drug-likeness (QED) is 0.894. The van der Waals surface area contributed by atoms with Crippen molar-refractivity contribution >= 4 is 17.3 Å². The summed E-state index contributed by atoms with van der Waals surface area (Å²) in [4.78, 5) is 4.05. The molecule has 3 N–H and O–H groups in total. The highest BCUT2D eigenvalue weighted by Gasteiger charge is 2.10. The summed E-state index contributed by atoms with van der Waals surface area (Å²) in [5.74, 6) is -0.437. The molecule has 1 heterocycles. The van der Waals surface area contributed by atoms with Crippen LogP contribution in [0.1, 0.15) is 11.6 Å². The van der Waals surface area contributed by atoms with E-state index in [1.54, 1.807) is 18.5 Å². The van der Waals surface area contributed by atoms with E-state index in [4.69, 9.17) is 17.3 Å². The molecule has 0 fully saturated rings. The van der Waals surface area contributed by atoms with E-state index < -0.39 is 5.82 Å². The van der Waals surface area contributed by atoms with E-state index in [0.29, 0.717) is 6.54 Å². The minimum absolute atomic E-state index is 0.0831. The molecule has 0 aliphatic rings. The Bertz CT molecular complexity index is 519. The Labute approximate surface area is 110 Å². The van der Waals surface area contributed by atoms with Crippen LogP contribution in [-0.4, -0.2) is 11.5 Å². The molecule has 2 rings (SSSR count). The number of anilines is 1. The van der Waals surface area contributed by atoms with Gasteiger partial charge in [-0.2, -0.15) is 0 Å². The van der Waals surface area contributed by atoms with E-state index in [0.717, 1.165) is 11.3 Å². The molecule has 0 aliphatic heterocycles. The predicted octanol–water partition coefficient (Wildman–Crippen LogP) is 2.99. The highest BCUT2D eigenvalue weighted by atomic mass is 35.5. The average molecular weight is 266 g/mol. The molecule has 0 bridgehead atoms. The van der Waals surface area contributed by atoms with Gasteiger partial charge in [0.25, 0.3) is 0 Å². The third-order valence-electron chi connectivity index (χ3n) is 2.58. The van der Waals surface area contributed by atoms with E-state index >= 15 is 0 Å². The zero-order valence-electron chi connectivity index (χ0n) is 9.61. The Morgan fingerprint density at radius 1 is 1.39 bits per heavy atom. The maximum Gasteiger partial charge on any atom is 0.141 e. The second-order valence-corrected chi connectivity index (χ2v) is 4.26. The van der Waals surface area contributed by atoms with Gasteiger partial charge in [-0.15, -0.1) is 0 Å². The molecule has 0 saturated heterocycles. The van der Waals surface area contributed by atoms with Crippen LogP contribution in [0, 0.1) is 5.82 Å². The lowest BCUT2D eigenvalue weighted by Gasteiger charge is -2.18. The van der Waals surface area contributed by atoms with Crippen molar-refractivity contribution < 1.29 is 4.39 Å². The number of pyridine rings is 1. The SMILES string of the molecule is NCC(Nc1ccc(F)c(Cl)c1)c1cccnc1. The van der Waals surface area contributed by atoms with Crippen LogP contribution in [-0.2, 0) is 0 Å². The normalized spacial score (nSPS) is 12.2. The van der Waals surface area contributed by atoms with Crippen molar-refractivity contribution in [3.8, 4) is 0 Å². The molecule has 3 nitrogen and oxygen atoms in total. The molecule has 2 aromatic rings. The van der Waals surface area contributed by atoms with Crippen LogP contribution in [0.15, 0.2) is 42.7 Å². The van der Waals surface area contributed by atoms with Crippen LogP contribution in [0.4, 0.5) is 10.1 Å². The zero-order valence-corrected chi connectivity index (χ0v) is 10.4. The molecule has 1 unspecified atom stereocenters. The highest BCUT2D eigenvalue weighted by Crippen LogP contribution is 2.23. The number of benzene rings is 1. The molecule has 94 valence electrons. The number of halogens is 2. The van der Waals surface area contributed by atoms with Crippen molar-refractivity contribution in [3.63, 3.8) is 0 Å². The molecule has 0 saturated carbocycles. The molecular formula is C13H13ClFN3. The Balaban J connectivity index is 2.18. The summed E-state index contributed by atoms with van der Waals surface area (Å²) in [5.41, 5.74) is 7.42. The Kier molecular flexibility index (Phi) is 4.12. The summed E-state index contributed by atoms with van der Waals surface area (Å²) < 4.78 is 13.0. The molecule has 0 aliphatic carbocycles. The summed E-state index contributed by atoms with van der Waals surface area (Å²) >= 11 is 5.73. The lowest BCUT2D eigenvalue weighted by Crippen LogP contribution is -2.20. The van der Waals surface area contributed by atoms with Gasteiger partial charge in [-0.25, -0.2) is 4.39 Å². The molecule has 1 aromatic carbocycles. The average Bonchev–Trinajstić information content (AvgIpc) is 2.41. The van der Waals surface area contributed by atoms with Crippen LogP contribution < -0.4 is 11.1 Å². The Morgan fingerprint density at radius 2 is 2.22 bits per heavy atom. The van der Waals surface area contributed by atoms with Crippen molar-refractivity contribution in [2.45, 2.75) is 6.04 Å². The van der Waals surface area contributed by atoms with Gasteiger partial charge in [-0.1, -0.05) is 17.7 Å². The lowest BCUT2D eigenvalue weighted by atomic mass is 10.1. The van der Waals surface area contributed by atoms with Gasteiger partial charge in [-0.05, 0) is 29.8 Å². The van der Waals surface area contributed by atoms with Crippen LogP contribution in [0.5, 0.6) is 0 Å². The van der Waals surface area contributed by atoms with Gasteiger partial charge in [0, 0.05) is 24.6 Å². The minimum Gasteiger partial charge on any atom is -0.377 e. The maximum absolute atomic E-state index is 13.0. The van der Waals surface area contributed by atoms with Gasteiger partial charge >= 0.3 is 0 Å². The Hall–Kier alpha value is -1.65. The molecule has 0 amide bonds. The third-order valence-corrected chi connectivity index (χ3v) is 2.87. The molecule has 0 radical (unpaired) electrons. The second-order valence-electron chi connectivity index (χ2n) is 3.85. The van der Waals surface area contributed by atoms with Crippen molar-refractivity contribution in [2.75, 3.05) is 11.9 Å². The van der Waals surface area contributed by atoms with E-state index in [1.165, 1.54) is 12.1 Å². The van der Waals surface area contributed by atoms with Gasteiger partial charge < -0.3 is 11.1 Å². The zero-order chi connectivity index (χ0) is 13.0. The number of hydrogen-bond donors (Lipinski definition) is 2. The van der Waals surface area contributed by atoms with Gasteiger partial charge in [-0.3, -0.25) is 4.98 Å². The van der Waals surface area contributed by atoms with Crippen LogP contribution in [0.2, 0.25) is 5.02 Å². The van der Waals surface area contributed by atoms with Crippen LogP contribution in [0.3, 0.4) is 0 Å². The first-order chi connectivity index (χ1) is 8.70. The predicted molar refractivity (Wildman–Crippen MR) is 71.1 cm³/mol. The molecule has 5 heteroatoms. The number of hydrogen-bond acceptors (Lipinski definition) is 3. The first-order valence-corrected chi connectivity index (χ1v) is 5.90. The van der Waals surface area contributed by atoms with Crippen molar-refractivity contribution in [1.82, 2.24) is 4.98 Å².